The molecule has 0 fully saturated rings. The lowest BCUT2D eigenvalue weighted by Crippen LogP contribution is -2.35. The second kappa shape index (κ2) is 5.20. The first-order chi connectivity index (χ1) is 4.68. The quantitative estimate of drug-likeness (QED) is 0.172. The highest BCUT2D eigenvalue weighted by atomic mass is 31.0. The smallest absolute Gasteiger partial charge is 0.291 e. The summed E-state index contributed by atoms with van der Waals surface area (Å²) in [6.45, 7) is 1.46. The Morgan fingerprint density at radius 2 is 1.64 bits per heavy atom. The predicted molar refractivity (Wildman–Crippen MR) is 37.3 cm³/mol. The molecule has 4 N–H and O–H groups in total. The van der Waals surface area contributed by atoms with E-state index in [9.17, 15) is 0 Å². The van der Waals surface area contributed by atoms with Crippen LogP contribution in [0.5, 0.6) is 0 Å². The second-order valence-electron chi connectivity index (χ2n) is 1.71. The Kier molecular flexibility index (Phi) is 6.20. The van der Waals surface area contributed by atoms with E-state index >= 15 is 0 Å². The van der Waals surface area contributed by atoms with Gasteiger partial charge in [0.05, 0.1) is 5.66 Å². The lowest BCUT2D eigenvalue weighted by molar-refractivity contribution is -0.742. The zero-order valence-electron chi connectivity index (χ0n) is 5.71. The number of aliphatic hydroxyl groups is 3. The van der Waals surface area contributed by atoms with E-state index in [4.69, 9.17) is 30.6 Å². The molecular formula is C3H10NO6P. The van der Waals surface area contributed by atoms with Crippen LogP contribution in [-0.2, 0) is 0 Å². The van der Waals surface area contributed by atoms with E-state index in [1.54, 1.807) is 0 Å². The first-order valence-electron chi connectivity index (χ1n) is 2.44. The zero-order chi connectivity index (χ0) is 9.65. The van der Waals surface area contributed by atoms with Crippen LogP contribution < -0.4 is 0 Å². The standard InChI is InChI=1S/C3H9O3P.HNO3/c1-2(7)3(4,5)6;2-1(3)4/h2,4-6H,7H2,1H3;(H,2,3,4). The van der Waals surface area contributed by atoms with E-state index in [0.717, 1.165) is 0 Å². The highest BCUT2D eigenvalue weighted by Crippen LogP contribution is 2.09. The molecule has 0 heterocycles. The zero-order valence-corrected chi connectivity index (χ0v) is 6.86. The molecule has 8 heteroatoms. The van der Waals surface area contributed by atoms with E-state index in [1.165, 1.54) is 6.92 Å². The van der Waals surface area contributed by atoms with Crippen molar-refractivity contribution < 1.29 is 25.6 Å². The van der Waals surface area contributed by atoms with Crippen molar-refractivity contribution in [2.24, 2.45) is 0 Å². The van der Waals surface area contributed by atoms with Crippen molar-refractivity contribution in [1.82, 2.24) is 0 Å². The van der Waals surface area contributed by atoms with E-state index in [-0.39, 0.29) is 0 Å². The van der Waals surface area contributed by atoms with Crippen LogP contribution in [0.15, 0.2) is 0 Å². The van der Waals surface area contributed by atoms with Gasteiger partial charge in [-0.2, -0.15) is 0 Å². The molecule has 2 atom stereocenters. The minimum atomic E-state index is -2.54. The summed E-state index contributed by atoms with van der Waals surface area (Å²) in [5.74, 6) is -2.54. The van der Waals surface area contributed by atoms with E-state index < -0.39 is 16.7 Å². The van der Waals surface area contributed by atoms with Crippen molar-refractivity contribution in [2.75, 3.05) is 0 Å². The fourth-order valence-electron chi connectivity index (χ4n) is 0. The highest BCUT2D eigenvalue weighted by Gasteiger charge is 2.22. The topological polar surface area (TPSA) is 124 Å². The second-order valence-corrected chi connectivity index (χ2v) is 2.71. The molecule has 0 bridgehead atoms. The maximum absolute atomic E-state index is 8.36. The van der Waals surface area contributed by atoms with E-state index in [1.807, 2.05) is 0 Å². The summed E-state index contributed by atoms with van der Waals surface area (Å²) < 4.78 is 0. The lowest BCUT2D eigenvalue weighted by atomic mass is 10.4. The molecule has 0 aromatic heterocycles. The SMILES string of the molecule is CC(P)C(O)(O)O.O=[N+]([O-])O. The first-order valence-corrected chi connectivity index (χ1v) is 3.10. The van der Waals surface area contributed by atoms with Crippen LogP contribution in [0.2, 0.25) is 0 Å². The predicted octanol–water partition coefficient (Wildman–Crippen LogP) is -1.47. The third-order valence-electron chi connectivity index (χ3n) is 0.611. The van der Waals surface area contributed by atoms with E-state index in [2.05, 4.69) is 9.24 Å². The fourth-order valence-corrected chi connectivity index (χ4v) is 0. The van der Waals surface area contributed by atoms with Gasteiger partial charge in [0.25, 0.3) is 11.1 Å². The molecule has 2 unspecified atom stereocenters. The van der Waals surface area contributed by atoms with Crippen molar-refractivity contribution in [3.8, 4) is 0 Å². The molecule has 0 aliphatic rings. The highest BCUT2D eigenvalue weighted by molar-refractivity contribution is 7.17. The minimum Gasteiger partial charge on any atom is -0.343 e. The number of hydrogen-bond donors (Lipinski definition) is 4. The van der Waals surface area contributed by atoms with Gasteiger partial charge in [-0.1, -0.05) is 6.92 Å². The number of hydrogen-bond acceptors (Lipinski definition) is 5. The molecule has 0 aliphatic carbocycles. The molecule has 0 rings (SSSR count). The maximum Gasteiger partial charge on any atom is 0.291 e. The van der Waals surface area contributed by atoms with Crippen molar-refractivity contribution in [3.63, 3.8) is 0 Å². The largest absolute Gasteiger partial charge is 0.343 e. The first kappa shape index (κ1) is 13.1. The normalized spacial score (nSPS) is 12.8. The summed E-state index contributed by atoms with van der Waals surface area (Å²) in [5, 5.41) is 38.2. The van der Waals surface area contributed by atoms with Gasteiger partial charge in [-0.05, 0) is 0 Å². The summed E-state index contributed by atoms with van der Waals surface area (Å²) in [6, 6.07) is 0. The third-order valence-corrected chi connectivity index (χ3v) is 1.06. The van der Waals surface area contributed by atoms with Gasteiger partial charge in [0.15, 0.2) is 0 Å². The summed E-state index contributed by atoms with van der Waals surface area (Å²) in [6.07, 6.45) is 0. The van der Waals surface area contributed by atoms with Crippen LogP contribution in [0.25, 0.3) is 0 Å². The molecule has 0 aliphatic heterocycles. The Morgan fingerprint density at radius 3 is 1.64 bits per heavy atom. The van der Waals surface area contributed by atoms with Crippen molar-refractivity contribution in [3.05, 3.63) is 10.1 Å². The van der Waals surface area contributed by atoms with Gasteiger partial charge in [-0.25, -0.2) is 0 Å². The molecule has 0 saturated heterocycles. The fraction of sp³-hybridized carbons (Fsp3) is 1.00. The molecule has 0 spiro atoms. The summed E-state index contributed by atoms with van der Waals surface area (Å²) >= 11 is 0. The van der Waals surface area contributed by atoms with Crippen LogP contribution in [0, 0.1) is 10.1 Å². The van der Waals surface area contributed by atoms with Crippen molar-refractivity contribution >= 4 is 9.24 Å². The van der Waals surface area contributed by atoms with Crippen molar-refractivity contribution in [2.45, 2.75) is 18.6 Å². The lowest BCUT2D eigenvalue weighted by Gasteiger charge is -2.16. The molecule has 7 nitrogen and oxygen atoms in total. The Labute approximate surface area is 64.6 Å². The monoisotopic (exact) mass is 187 g/mol. The van der Waals surface area contributed by atoms with Gasteiger partial charge in [0.1, 0.15) is 0 Å². The maximum atomic E-state index is 8.36. The van der Waals surface area contributed by atoms with Crippen molar-refractivity contribution in [1.29, 1.82) is 0 Å². The third kappa shape index (κ3) is 17.7. The summed E-state index contributed by atoms with van der Waals surface area (Å²) in [5.41, 5.74) is -0.618. The Balaban J connectivity index is 0. The molecule has 0 aromatic rings. The van der Waals surface area contributed by atoms with Crippen LogP contribution >= 0.6 is 9.24 Å². The summed E-state index contributed by atoms with van der Waals surface area (Å²) in [4.78, 5) is 8.36. The molecule has 68 valence electrons. The number of rotatable bonds is 1. The number of nitrogens with zero attached hydrogens (tertiary/aromatic N) is 1. The Hall–Kier alpha value is -0.490. The Bertz CT molecular complexity index is 115. The molecule has 0 aromatic carbocycles. The van der Waals surface area contributed by atoms with Crippen LogP contribution in [0.4, 0.5) is 0 Å². The van der Waals surface area contributed by atoms with Gasteiger partial charge in [-0.3, -0.25) is 0 Å². The minimum absolute atomic E-state index is 0.618. The average Bonchev–Trinajstić information content (AvgIpc) is 1.59. The van der Waals surface area contributed by atoms with Gasteiger partial charge in [0, 0.05) is 0 Å². The Morgan fingerprint density at radius 1 is 1.55 bits per heavy atom. The molecule has 11 heavy (non-hydrogen) atoms. The van der Waals surface area contributed by atoms with Gasteiger partial charge in [-0.15, -0.1) is 19.4 Å². The van der Waals surface area contributed by atoms with Crippen LogP contribution in [-0.4, -0.2) is 37.2 Å². The average molecular weight is 187 g/mol. The van der Waals surface area contributed by atoms with E-state index in [0.29, 0.717) is 0 Å². The molecule has 0 saturated carbocycles. The van der Waals surface area contributed by atoms with Gasteiger partial charge >= 0.3 is 0 Å². The van der Waals surface area contributed by atoms with Gasteiger partial charge in [0.2, 0.25) is 0 Å². The molecule has 0 amide bonds. The van der Waals surface area contributed by atoms with Gasteiger partial charge < -0.3 is 20.5 Å². The van der Waals surface area contributed by atoms with Crippen LogP contribution in [0.3, 0.4) is 0 Å². The molecule has 0 radical (unpaired) electrons. The molecular weight excluding hydrogens is 177 g/mol. The van der Waals surface area contributed by atoms with Crippen LogP contribution in [0.1, 0.15) is 6.92 Å². The summed E-state index contributed by atoms with van der Waals surface area (Å²) in [7, 11) is 2.05.